The van der Waals surface area contributed by atoms with E-state index < -0.39 is 5.97 Å². The number of ether oxygens (including phenoxy) is 1. The van der Waals surface area contributed by atoms with Gasteiger partial charge in [-0.3, -0.25) is 9.59 Å². The number of aliphatic carboxylic acids is 1. The number of carboxylic acid groups (broad SMARTS) is 1. The second-order valence-electron chi connectivity index (χ2n) is 5.09. The smallest absolute Gasteiger partial charge is 0.305 e. The maximum atomic E-state index is 11.5. The van der Waals surface area contributed by atoms with Gasteiger partial charge in [-0.2, -0.15) is 0 Å². The zero-order chi connectivity index (χ0) is 14.3. The summed E-state index contributed by atoms with van der Waals surface area (Å²) in [5.74, 6) is -0.667. The van der Waals surface area contributed by atoms with E-state index in [0.29, 0.717) is 13.0 Å². The number of carbonyl (C=O) groups is 2. The van der Waals surface area contributed by atoms with Crippen LogP contribution in [0, 0.1) is 0 Å². The van der Waals surface area contributed by atoms with Crippen molar-refractivity contribution >= 4 is 11.9 Å². The molecular weight excluding hydrogens is 248 g/mol. The normalized spacial score (nSPS) is 17.4. The predicted molar refractivity (Wildman–Crippen MR) is 71.0 cm³/mol. The molecule has 0 aromatic rings. The molecule has 1 rings (SSSR count). The van der Waals surface area contributed by atoms with E-state index in [1.54, 1.807) is 19.0 Å². The quantitative estimate of drug-likeness (QED) is 0.727. The van der Waals surface area contributed by atoms with E-state index >= 15 is 0 Å². The fourth-order valence-corrected chi connectivity index (χ4v) is 2.09. The highest BCUT2D eigenvalue weighted by molar-refractivity contribution is 5.75. The number of piperidine rings is 1. The molecule has 6 heteroatoms. The molecule has 19 heavy (non-hydrogen) atoms. The molecule has 0 aliphatic carbocycles. The Hall–Kier alpha value is -1.14. The lowest BCUT2D eigenvalue weighted by Crippen LogP contribution is -2.39. The molecule has 0 saturated carbocycles. The summed E-state index contributed by atoms with van der Waals surface area (Å²) in [4.78, 5) is 25.7. The first-order valence-electron chi connectivity index (χ1n) is 6.75. The Morgan fingerprint density at radius 3 is 2.42 bits per heavy atom. The summed E-state index contributed by atoms with van der Waals surface area (Å²) in [7, 11) is 3.54. The average molecular weight is 272 g/mol. The third kappa shape index (κ3) is 6.54. The SMILES string of the molecule is CN(C)C(=O)CCN1CCC(OCCC(=O)O)CC1. The van der Waals surface area contributed by atoms with Gasteiger partial charge in [0.2, 0.25) is 5.91 Å². The Labute approximate surface area is 114 Å². The molecule has 0 atom stereocenters. The van der Waals surface area contributed by atoms with Crippen LogP contribution in [0.15, 0.2) is 0 Å². The van der Waals surface area contributed by atoms with Crippen LogP contribution < -0.4 is 0 Å². The Balaban J connectivity index is 2.11. The van der Waals surface area contributed by atoms with Gasteiger partial charge in [0.1, 0.15) is 0 Å². The molecule has 110 valence electrons. The molecule has 1 heterocycles. The molecule has 6 nitrogen and oxygen atoms in total. The van der Waals surface area contributed by atoms with Gasteiger partial charge >= 0.3 is 5.97 Å². The predicted octanol–water partition coefficient (Wildman–Crippen LogP) is 0.420. The summed E-state index contributed by atoms with van der Waals surface area (Å²) >= 11 is 0. The van der Waals surface area contributed by atoms with Crippen LogP contribution in [0.4, 0.5) is 0 Å². The molecule has 1 saturated heterocycles. The van der Waals surface area contributed by atoms with Crippen molar-refractivity contribution in [1.29, 1.82) is 0 Å². The topological polar surface area (TPSA) is 70.1 Å². The first-order valence-corrected chi connectivity index (χ1v) is 6.75. The van der Waals surface area contributed by atoms with Gasteiger partial charge in [-0.15, -0.1) is 0 Å². The number of hydrogen-bond acceptors (Lipinski definition) is 4. The van der Waals surface area contributed by atoms with Crippen molar-refractivity contribution in [2.45, 2.75) is 31.8 Å². The number of nitrogens with zero attached hydrogens (tertiary/aromatic N) is 2. The summed E-state index contributed by atoms with van der Waals surface area (Å²) in [6.45, 7) is 2.91. The number of likely N-dealkylation sites (tertiary alicyclic amines) is 1. The average Bonchev–Trinajstić information content (AvgIpc) is 2.37. The van der Waals surface area contributed by atoms with E-state index in [2.05, 4.69) is 4.90 Å². The second-order valence-corrected chi connectivity index (χ2v) is 5.09. The summed E-state index contributed by atoms with van der Waals surface area (Å²) in [5.41, 5.74) is 0. The zero-order valence-electron chi connectivity index (χ0n) is 11.8. The van der Waals surface area contributed by atoms with Crippen LogP contribution in [-0.4, -0.2) is 73.2 Å². The number of hydrogen-bond donors (Lipinski definition) is 1. The van der Waals surface area contributed by atoms with Crippen molar-refractivity contribution in [3.8, 4) is 0 Å². The van der Waals surface area contributed by atoms with Crippen LogP contribution >= 0.6 is 0 Å². The van der Waals surface area contributed by atoms with E-state index in [-0.39, 0.29) is 18.4 Å². The lowest BCUT2D eigenvalue weighted by Gasteiger charge is -2.31. The monoisotopic (exact) mass is 272 g/mol. The molecule has 0 spiro atoms. The second kappa shape index (κ2) is 8.12. The van der Waals surface area contributed by atoms with Crippen molar-refractivity contribution in [2.75, 3.05) is 40.3 Å². The van der Waals surface area contributed by atoms with E-state index in [4.69, 9.17) is 9.84 Å². The van der Waals surface area contributed by atoms with Crippen molar-refractivity contribution in [1.82, 2.24) is 9.80 Å². The van der Waals surface area contributed by atoms with Gasteiger partial charge in [0, 0.05) is 40.2 Å². The first kappa shape index (κ1) is 15.9. The minimum Gasteiger partial charge on any atom is -0.481 e. The number of amides is 1. The molecule has 1 N–H and O–H groups in total. The van der Waals surface area contributed by atoms with Gasteiger partial charge in [-0.1, -0.05) is 0 Å². The molecule has 0 bridgehead atoms. The molecule has 0 aromatic carbocycles. The van der Waals surface area contributed by atoms with Gasteiger partial charge in [-0.05, 0) is 12.8 Å². The molecule has 1 amide bonds. The van der Waals surface area contributed by atoms with Crippen molar-refractivity contribution in [3.63, 3.8) is 0 Å². The summed E-state index contributed by atoms with van der Waals surface area (Å²) < 4.78 is 5.52. The van der Waals surface area contributed by atoms with Gasteiger partial charge in [0.05, 0.1) is 19.1 Å². The fraction of sp³-hybridized carbons (Fsp3) is 0.846. The fourth-order valence-electron chi connectivity index (χ4n) is 2.09. The largest absolute Gasteiger partial charge is 0.481 e. The third-order valence-corrected chi connectivity index (χ3v) is 3.34. The molecular formula is C13H24N2O4. The van der Waals surface area contributed by atoms with Crippen LogP contribution in [-0.2, 0) is 14.3 Å². The number of carboxylic acids is 1. The van der Waals surface area contributed by atoms with Gasteiger partial charge < -0.3 is 19.6 Å². The van der Waals surface area contributed by atoms with Gasteiger partial charge in [0.25, 0.3) is 0 Å². The molecule has 1 aliphatic heterocycles. The van der Waals surface area contributed by atoms with Crippen LogP contribution in [0.5, 0.6) is 0 Å². The van der Waals surface area contributed by atoms with E-state index in [1.807, 2.05) is 0 Å². The Bertz CT molecular complexity index is 299. The molecule has 1 aliphatic rings. The van der Waals surface area contributed by atoms with Crippen molar-refractivity contribution < 1.29 is 19.4 Å². The van der Waals surface area contributed by atoms with Crippen LogP contribution in [0.1, 0.15) is 25.7 Å². The molecule has 1 fully saturated rings. The van der Waals surface area contributed by atoms with E-state index in [9.17, 15) is 9.59 Å². The molecule has 0 radical (unpaired) electrons. The minimum absolute atomic E-state index is 0.0670. The minimum atomic E-state index is -0.820. The Morgan fingerprint density at radius 2 is 1.89 bits per heavy atom. The summed E-state index contributed by atoms with van der Waals surface area (Å²) in [6.07, 6.45) is 2.61. The van der Waals surface area contributed by atoms with Crippen LogP contribution in [0.2, 0.25) is 0 Å². The molecule has 0 unspecified atom stereocenters. The maximum absolute atomic E-state index is 11.5. The van der Waals surface area contributed by atoms with Crippen molar-refractivity contribution in [2.24, 2.45) is 0 Å². The standard InChI is InChI=1S/C13H24N2O4/c1-14(2)12(16)5-9-15-7-3-11(4-8-15)19-10-6-13(17)18/h11H,3-10H2,1-2H3,(H,17,18). The Kier molecular flexibility index (Phi) is 6.80. The lowest BCUT2D eigenvalue weighted by molar-refractivity contribution is -0.138. The van der Waals surface area contributed by atoms with E-state index in [0.717, 1.165) is 32.5 Å². The van der Waals surface area contributed by atoms with Gasteiger partial charge in [0.15, 0.2) is 0 Å². The highest BCUT2D eigenvalue weighted by Crippen LogP contribution is 2.14. The molecule has 0 aromatic heterocycles. The van der Waals surface area contributed by atoms with Gasteiger partial charge in [-0.25, -0.2) is 0 Å². The summed E-state index contributed by atoms with van der Waals surface area (Å²) in [5, 5.41) is 8.53. The highest BCUT2D eigenvalue weighted by Gasteiger charge is 2.20. The van der Waals surface area contributed by atoms with Crippen LogP contribution in [0.3, 0.4) is 0 Å². The number of rotatable bonds is 7. The van der Waals surface area contributed by atoms with Crippen molar-refractivity contribution in [3.05, 3.63) is 0 Å². The maximum Gasteiger partial charge on any atom is 0.305 e. The Morgan fingerprint density at radius 1 is 1.26 bits per heavy atom. The van der Waals surface area contributed by atoms with E-state index in [1.165, 1.54) is 0 Å². The summed E-state index contributed by atoms with van der Waals surface area (Å²) in [6, 6.07) is 0. The first-order chi connectivity index (χ1) is 8.99. The van der Waals surface area contributed by atoms with Crippen LogP contribution in [0.25, 0.3) is 0 Å². The zero-order valence-corrected chi connectivity index (χ0v) is 11.8. The number of carbonyl (C=O) groups excluding carboxylic acids is 1. The lowest BCUT2D eigenvalue weighted by atomic mass is 10.1. The highest BCUT2D eigenvalue weighted by atomic mass is 16.5. The third-order valence-electron chi connectivity index (χ3n) is 3.34.